The molecule has 0 saturated heterocycles. The third-order valence-electron chi connectivity index (χ3n) is 4.37. The highest BCUT2D eigenvalue weighted by atomic mass is 16.4. The monoisotopic (exact) mass is 349 g/mol. The van der Waals surface area contributed by atoms with Gasteiger partial charge in [-0.1, -0.05) is 38.5 Å². The number of anilines is 1. The molecule has 1 aromatic heterocycles. The van der Waals surface area contributed by atoms with Crippen LogP contribution in [0.1, 0.15) is 32.3 Å². The molecule has 1 unspecified atom stereocenters. The molecular weight excluding hydrogens is 326 g/mol. The van der Waals surface area contributed by atoms with Gasteiger partial charge in [0, 0.05) is 22.7 Å². The number of rotatable bonds is 6. The fourth-order valence-electron chi connectivity index (χ4n) is 2.79. The number of nitrogens with zero attached hydrogens (tertiary/aromatic N) is 2. The Morgan fingerprint density at radius 1 is 1.08 bits per heavy atom. The van der Waals surface area contributed by atoms with Gasteiger partial charge in [0.05, 0.1) is 0 Å². The quantitative estimate of drug-likeness (QED) is 0.673. The van der Waals surface area contributed by atoms with Crippen LogP contribution in [0.15, 0.2) is 52.9 Å². The van der Waals surface area contributed by atoms with E-state index in [4.69, 9.17) is 4.42 Å². The molecule has 1 atom stereocenters. The zero-order valence-corrected chi connectivity index (χ0v) is 15.3. The van der Waals surface area contributed by atoms with E-state index in [-0.39, 0.29) is 11.8 Å². The highest BCUT2D eigenvalue weighted by Gasteiger charge is 2.14. The zero-order valence-electron chi connectivity index (χ0n) is 15.3. The van der Waals surface area contributed by atoms with Gasteiger partial charge in [-0.2, -0.15) is 0 Å². The van der Waals surface area contributed by atoms with Gasteiger partial charge in [0.25, 0.3) is 0 Å². The lowest BCUT2D eigenvalue weighted by atomic mass is 10.1. The number of aromatic nitrogens is 2. The van der Waals surface area contributed by atoms with E-state index < -0.39 is 0 Å². The highest BCUT2D eigenvalue weighted by molar-refractivity contribution is 5.92. The average molecular weight is 349 g/mol. The van der Waals surface area contributed by atoms with Crippen LogP contribution in [0.4, 0.5) is 5.69 Å². The molecule has 0 spiro atoms. The predicted molar refractivity (Wildman–Crippen MR) is 103 cm³/mol. The SMILES string of the molecule is CCCC(C)C(=O)Nc1ccc(-c2nnc(-c3ccccc3C)o2)cc1. The summed E-state index contributed by atoms with van der Waals surface area (Å²) >= 11 is 0. The van der Waals surface area contributed by atoms with Gasteiger partial charge in [0.2, 0.25) is 17.7 Å². The minimum Gasteiger partial charge on any atom is -0.416 e. The molecule has 0 saturated carbocycles. The molecule has 0 bridgehead atoms. The van der Waals surface area contributed by atoms with E-state index in [0.717, 1.165) is 35.2 Å². The first-order chi connectivity index (χ1) is 12.6. The molecule has 5 nitrogen and oxygen atoms in total. The van der Waals surface area contributed by atoms with Gasteiger partial charge in [-0.05, 0) is 49.2 Å². The number of hydrogen-bond acceptors (Lipinski definition) is 4. The van der Waals surface area contributed by atoms with E-state index in [2.05, 4.69) is 22.4 Å². The minimum atomic E-state index is 0.00675. The Morgan fingerprint density at radius 2 is 1.77 bits per heavy atom. The molecule has 2 aromatic carbocycles. The number of carbonyl (C=O) groups excluding carboxylic acids is 1. The van der Waals surface area contributed by atoms with E-state index >= 15 is 0 Å². The predicted octanol–water partition coefficient (Wildman–Crippen LogP) is 5.09. The van der Waals surface area contributed by atoms with E-state index in [1.165, 1.54) is 0 Å². The maximum Gasteiger partial charge on any atom is 0.248 e. The Balaban J connectivity index is 1.73. The Kier molecular flexibility index (Phi) is 5.46. The molecule has 1 heterocycles. The van der Waals surface area contributed by atoms with Crippen LogP contribution >= 0.6 is 0 Å². The molecule has 3 aromatic rings. The van der Waals surface area contributed by atoms with Gasteiger partial charge in [0.15, 0.2) is 0 Å². The van der Waals surface area contributed by atoms with Crippen molar-refractivity contribution in [1.82, 2.24) is 10.2 Å². The van der Waals surface area contributed by atoms with Gasteiger partial charge in [-0.25, -0.2) is 0 Å². The summed E-state index contributed by atoms with van der Waals surface area (Å²) in [7, 11) is 0. The van der Waals surface area contributed by atoms with Gasteiger partial charge in [0.1, 0.15) is 0 Å². The van der Waals surface area contributed by atoms with Gasteiger partial charge < -0.3 is 9.73 Å². The lowest BCUT2D eigenvalue weighted by Gasteiger charge is -2.11. The van der Waals surface area contributed by atoms with Crippen molar-refractivity contribution in [1.29, 1.82) is 0 Å². The molecule has 134 valence electrons. The summed E-state index contributed by atoms with van der Waals surface area (Å²) < 4.78 is 5.82. The number of amides is 1. The Labute approximate surface area is 153 Å². The molecule has 0 fully saturated rings. The molecule has 3 rings (SSSR count). The smallest absolute Gasteiger partial charge is 0.248 e. The van der Waals surface area contributed by atoms with Crippen LogP contribution in [-0.2, 0) is 4.79 Å². The molecular formula is C21H23N3O2. The van der Waals surface area contributed by atoms with Crippen LogP contribution < -0.4 is 5.32 Å². The summed E-state index contributed by atoms with van der Waals surface area (Å²) in [5, 5.41) is 11.2. The first kappa shape index (κ1) is 17.9. The molecule has 0 aliphatic rings. The lowest BCUT2D eigenvalue weighted by molar-refractivity contribution is -0.119. The fourth-order valence-corrected chi connectivity index (χ4v) is 2.79. The standard InChI is InChI=1S/C21H23N3O2/c1-4-7-15(3)19(25)22-17-12-10-16(11-13-17)20-23-24-21(26-20)18-9-6-5-8-14(18)2/h5-6,8-13,15H,4,7H2,1-3H3,(H,22,25). The van der Waals surface area contributed by atoms with E-state index in [0.29, 0.717) is 11.8 Å². The number of hydrogen-bond donors (Lipinski definition) is 1. The Hall–Kier alpha value is -2.95. The van der Waals surface area contributed by atoms with Crippen LogP contribution in [0.3, 0.4) is 0 Å². The van der Waals surface area contributed by atoms with Crippen molar-refractivity contribution >= 4 is 11.6 Å². The highest BCUT2D eigenvalue weighted by Crippen LogP contribution is 2.26. The Bertz CT molecular complexity index is 884. The maximum absolute atomic E-state index is 12.1. The summed E-state index contributed by atoms with van der Waals surface area (Å²) in [6.07, 6.45) is 1.88. The van der Waals surface area contributed by atoms with Crippen molar-refractivity contribution in [2.45, 2.75) is 33.6 Å². The van der Waals surface area contributed by atoms with Crippen LogP contribution in [0, 0.1) is 12.8 Å². The van der Waals surface area contributed by atoms with E-state index in [1.807, 2.05) is 62.4 Å². The maximum atomic E-state index is 12.1. The number of carbonyl (C=O) groups is 1. The van der Waals surface area contributed by atoms with Crippen molar-refractivity contribution in [3.63, 3.8) is 0 Å². The molecule has 0 radical (unpaired) electrons. The second kappa shape index (κ2) is 7.95. The van der Waals surface area contributed by atoms with Crippen LogP contribution in [0.5, 0.6) is 0 Å². The number of benzene rings is 2. The van der Waals surface area contributed by atoms with Crippen molar-refractivity contribution < 1.29 is 9.21 Å². The zero-order chi connectivity index (χ0) is 18.5. The summed E-state index contributed by atoms with van der Waals surface area (Å²) in [4.78, 5) is 12.1. The fraction of sp³-hybridized carbons (Fsp3) is 0.286. The average Bonchev–Trinajstić information content (AvgIpc) is 3.13. The van der Waals surface area contributed by atoms with Gasteiger partial charge >= 0.3 is 0 Å². The topological polar surface area (TPSA) is 68.0 Å². The molecule has 1 N–H and O–H groups in total. The number of nitrogens with one attached hydrogen (secondary N) is 1. The van der Waals surface area contributed by atoms with Crippen LogP contribution in [0.2, 0.25) is 0 Å². The van der Waals surface area contributed by atoms with Crippen molar-refractivity contribution in [2.75, 3.05) is 5.32 Å². The molecule has 1 amide bonds. The third kappa shape index (κ3) is 3.99. The van der Waals surface area contributed by atoms with E-state index in [1.54, 1.807) is 0 Å². The van der Waals surface area contributed by atoms with Crippen molar-refractivity contribution in [3.8, 4) is 22.9 Å². The van der Waals surface area contributed by atoms with Crippen molar-refractivity contribution in [2.24, 2.45) is 5.92 Å². The Morgan fingerprint density at radius 3 is 2.46 bits per heavy atom. The molecule has 0 aliphatic heterocycles. The van der Waals surface area contributed by atoms with Crippen LogP contribution in [0.25, 0.3) is 22.9 Å². The normalized spacial score (nSPS) is 12.0. The number of aryl methyl sites for hydroxylation is 1. The summed E-state index contributed by atoms with van der Waals surface area (Å²) in [6, 6.07) is 15.3. The lowest BCUT2D eigenvalue weighted by Crippen LogP contribution is -2.20. The van der Waals surface area contributed by atoms with Gasteiger partial charge in [-0.3, -0.25) is 4.79 Å². The van der Waals surface area contributed by atoms with Crippen molar-refractivity contribution in [3.05, 3.63) is 54.1 Å². The summed E-state index contributed by atoms with van der Waals surface area (Å²) in [5.74, 6) is 1.01. The molecule has 5 heteroatoms. The molecule has 0 aliphatic carbocycles. The van der Waals surface area contributed by atoms with Crippen LogP contribution in [-0.4, -0.2) is 16.1 Å². The third-order valence-corrected chi connectivity index (χ3v) is 4.37. The second-order valence-corrected chi connectivity index (χ2v) is 6.48. The first-order valence-electron chi connectivity index (χ1n) is 8.89. The van der Waals surface area contributed by atoms with E-state index in [9.17, 15) is 4.79 Å². The first-order valence-corrected chi connectivity index (χ1v) is 8.89. The summed E-state index contributed by atoms with van der Waals surface area (Å²) in [5.41, 5.74) is 3.60. The minimum absolute atomic E-state index is 0.00675. The largest absolute Gasteiger partial charge is 0.416 e. The van der Waals surface area contributed by atoms with Gasteiger partial charge in [-0.15, -0.1) is 10.2 Å². The molecule has 26 heavy (non-hydrogen) atoms. The second-order valence-electron chi connectivity index (χ2n) is 6.48. The summed E-state index contributed by atoms with van der Waals surface area (Å²) in [6.45, 7) is 6.03.